The molecule has 2 rings (SSSR count). The van der Waals surface area contributed by atoms with E-state index in [-0.39, 0.29) is 11.9 Å². The van der Waals surface area contributed by atoms with E-state index < -0.39 is 0 Å². The minimum absolute atomic E-state index is 0.117. The monoisotopic (exact) mass is 262 g/mol. The molecule has 19 heavy (non-hydrogen) atoms. The minimum atomic E-state index is -0.229. The minimum Gasteiger partial charge on any atom is -0.341 e. The van der Waals surface area contributed by atoms with Crippen LogP contribution in [0.4, 0.5) is 0 Å². The summed E-state index contributed by atoms with van der Waals surface area (Å²) >= 11 is 0. The van der Waals surface area contributed by atoms with Gasteiger partial charge in [0.2, 0.25) is 0 Å². The Labute approximate surface area is 111 Å². The molecule has 0 fully saturated rings. The third-order valence-electron chi connectivity index (χ3n) is 2.99. The van der Waals surface area contributed by atoms with Gasteiger partial charge in [-0.2, -0.15) is 15.4 Å². The Kier molecular flexibility index (Phi) is 3.94. The molecule has 0 radical (unpaired) electrons. The van der Waals surface area contributed by atoms with Gasteiger partial charge in [0.05, 0.1) is 11.7 Å². The molecule has 2 N–H and O–H groups in total. The largest absolute Gasteiger partial charge is 0.341 e. The molecule has 2 aromatic rings. The third kappa shape index (κ3) is 2.81. The quantitative estimate of drug-likeness (QED) is 0.845. The summed E-state index contributed by atoms with van der Waals surface area (Å²) in [5.74, 6) is 0.615. The lowest BCUT2D eigenvalue weighted by atomic mass is 10.1. The molecule has 102 valence electrons. The molecular formula is C12H18N6O. The fraction of sp³-hybridized carbons (Fsp3) is 0.500. The van der Waals surface area contributed by atoms with Crippen LogP contribution in [-0.4, -0.2) is 30.9 Å². The average molecular weight is 262 g/mol. The van der Waals surface area contributed by atoms with Crippen molar-refractivity contribution in [2.24, 2.45) is 7.05 Å². The van der Waals surface area contributed by atoms with E-state index >= 15 is 0 Å². The summed E-state index contributed by atoms with van der Waals surface area (Å²) < 4.78 is 1.91. The van der Waals surface area contributed by atoms with Crippen LogP contribution in [0, 0.1) is 6.92 Å². The molecule has 0 saturated carbocycles. The predicted molar refractivity (Wildman–Crippen MR) is 69.4 cm³/mol. The van der Waals surface area contributed by atoms with E-state index in [0.717, 1.165) is 18.7 Å². The maximum Gasteiger partial charge on any atom is 0.274 e. The number of H-pyrrole nitrogens is 1. The van der Waals surface area contributed by atoms with E-state index in [4.69, 9.17) is 0 Å². The molecule has 0 aliphatic carbocycles. The maximum absolute atomic E-state index is 12.1. The summed E-state index contributed by atoms with van der Waals surface area (Å²) in [6, 6.07) is -0.117. The molecule has 0 aliphatic rings. The summed E-state index contributed by atoms with van der Waals surface area (Å²) in [4.78, 5) is 16.4. The van der Waals surface area contributed by atoms with Crippen LogP contribution in [0.3, 0.4) is 0 Å². The van der Waals surface area contributed by atoms with Crippen LogP contribution in [0.25, 0.3) is 0 Å². The number of nitrogens with one attached hydrogen (secondary N) is 2. The van der Waals surface area contributed by atoms with Crippen LogP contribution < -0.4 is 5.32 Å². The highest BCUT2D eigenvalue weighted by Gasteiger charge is 2.21. The Morgan fingerprint density at radius 1 is 1.53 bits per heavy atom. The first-order valence-electron chi connectivity index (χ1n) is 6.29. The number of hydrogen-bond acceptors (Lipinski definition) is 4. The molecule has 7 heteroatoms. The lowest BCUT2D eigenvalue weighted by molar-refractivity contribution is 0.0926. The van der Waals surface area contributed by atoms with E-state index in [1.807, 2.05) is 17.8 Å². The maximum atomic E-state index is 12.1. The zero-order valence-electron chi connectivity index (χ0n) is 11.3. The lowest BCUT2D eigenvalue weighted by Gasteiger charge is -2.17. The van der Waals surface area contributed by atoms with Crippen molar-refractivity contribution in [3.63, 3.8) is 0 Å². The Hall–Kier alpha value is -2.18. The number of aromatic nitrogens is 5. The van der Waals surface area contributed by atoms with E-state index in [9.17, 15) is 4.79 Å². The molecule has 1 atom stereocenters. The number of hydrogen-bond donors (Lipinski definition) is 2. The van der Waals surface area contributed by atoms with Crippen molar-refractivity contribution in [3.05, 3.63) is 29.6 Å². The molecule has 0 aliphatic heterocycles. The van der Waals surface area contributed by atoms with Gasteiger partial charge in [0.15, 0.2) is 5.69 Å². The first kappa shape index (κ1) is 13.3. The average Bonchev–Trinajstić information content (AvgIpc) is 2.97. The highest BCUT2D eigenvalue weighted by atomic mass is 16.2. The van der Waals surface area contributed by atoms with Gasteiger partial charge in [-0.25, -0.2) is 4.98 Å². The Morgan fingerprint density at radius 3 is 2.84 bits per heavy atom. The molecule has 0 bridgehead atoms. The fourth-order valence-electron chi connectivity index (χ4n) is 1.99. The predicted octanol–water partition coefficient (Wildman–Crippen LogP) is 1.12. The second kappa shape index (κ2) is 5.64. The number of carbonyl (C=O) groups excluding carboxylic acids is 1. The van der Waals surface area contributed by atoms with Crippen molar-refractivity contribution < 1.29 is 4.79 Å². The number of imidazole rings is 1. The Bertz CT molecular complexity index is 558. The van der Waals surface area contributed by atoms with Gasteiger partial charge in [0.25, 0.3) is 5.91 Å². The summed E-state index contributed by atoms with van der Waals surface area (Å²) in [7, 11) is 1.92. The lowest BCUT2D eigenvalue weighted by Crippen LogP contribution is -2.31. The summed E-state index contributed by atoms with van der Waals surface area (Å²) in [5.41, 5.74) is 0.919. The van der Waals surface area contributed by atoms with Gasteiger partial charge in [-0.3, -0.25) is 4.79 Å². The molecule has 0 saturated heterocycles. The first-order chi connectivity index (χ1) is 9.13. The number of carbonyl (C=O) groups is 1. The molecule has 2 heterocycles. The molecule has 0 spiro atoms. The summed E-state index contributed by atoms with van der Waals surface area (Å²) in [5, 5.41) is 13.1. The number of nitrogens with zero attached hydrogens (tertiary/aromatic N) is 4. The number of amides is 1. The van der Waals surface area contributed by atoms with E-state index in [1.165, 1.54) is 0 Å². The van der Waals surface area contributed by atoms with E-state index in [1.54, 1.807) is 13.1 Å². The van der Waals surface area contributed by atoms with Crippen LogP contribution in [0.5, 0.6) is 0 Å². The molecule has 7 nitrogen and oxygen atoms in total. The second-order valence-electron chi connectivity index (χ2n) is 4.47. The van der Waals surface area contributed by atoms with Crippen molar-refractivity contribution in [1.82, 2.24) is 30.3 Å². The number of aryl methyl sites for hydroxylation is 2. The topological polar surface area (TPSA) is 88.5 Å². The zero-order chi connectivity index (χ0) is 13.8. The number of rotatable bonds is 5. The summed E-state index contributed by atoms with van der Waals surface area (Å²) in [6.45, 7) is 3.82. The number of aromatic amines is 1. The van der Waals surface area contributed by atoms with Crippen molar-refractivity contribution in [2.75, 3.05) is 0 Å². The van der Waals surface area contributed by atoms with Crippen LogP contribution >= 0.6 is 0 Å². The first-order valence-corrected chi connectivity index (χ1v) is 6.29. The molecule has 2 aromatic heterocycles. The van der Waals surface area contributed by atoms with Gasteiger partial charge >= 0.3 is 0 Å². The molecule has 1 amide bonds. The van der Waals surface area contributed by atoms with E-state index in [0.29, 0.717) is 11.4 Å². The van der Waals surface area contributed by atoms with Gasteiger partial charge in [0.1, 0.15) is 5.82 Å². The van der Waals surface area contributed by atoms with Crippen molar-refractivity contribution in [2.45, 2.75) is 32.7 Å². The highest BCUT2D eigenvalue weighted by Crippen LogP contribution is 2.16. The van der Waals surface area contributed by atoms with Crippen LogP contribution in [0.15, 0.2) is 12.4 Å². The molecular weight excluding hydrogens is 244 g/mol. The molecule has 0 aromatic carbocycles. The summed E-state index contributed by atoms with van der Waals surface area (Å²) in [6.07, 6.45) is 5.38. The zero-order valence-corrected chi connectivity index (χ0v) is 11.3. The van der Waals surface area contributed by atoms with Gasteiger partial charge < -0.3 is 9.88 Å². The van der Waals surface area contributed by atoms with Gasteiger partial charge in [0, 0.05) is 19.4 Å². The van der Waals surface area contributed by atoms with Crippen LogP contribution in [0.2, 0.25) is 0 Å². The van der Waals surface area contributed by atoms with Crippen molar-refractivity contribution >= 4 is 5.91 Å². The highest BCUT2D eigenvalue weighted by molar-refractivity contribution is 5.93. The van der Waals surface area contributed by atoms with Crippen molar-refractivity contribution in [3.8, 4) is 0 Å². The Morgan fingerprint density at radius 2 is 2.32 bits per heavy atom. The third-order valence-corrected chi connectivity index (χ3v) is 2.99. The van der Waals surface area contributed by atoms with Crippen LogP contribution in [0.1, 0.15) is 47.8 Å². The molecule has 0 unspecified atom stereocenters. The Balaban J connectivity index is 2.16. The SMILES string of the molecule is CCC[C@H](NC(=O)c1n[nH]nc1C)c1nccn1C. The van der Waals surface area contributed by atoms with Gasteiger partial charge in [-0.05, 0) is 13.3 Å². The smallest absolute Gasteiger partial charge is 0.274 e. The van der Waals surface area contributed by atoms with Gasteiger partial charge in [-0.1, -0.05) is 13.3 Å². The standard InChI is InChI=1S/C12H18N6O/c1-4-5-9(11-13-6-7-18(11)3)14-12(19)10-8(2)15-17-16-10/h6-7,9H,4-5H2,1-3H3,(H,14,19)(H,15,16,17)/t9-/m0/s1. The second-order valence-corrected chi connectivity index (χ2v) is 4.47. The fourth-order valence-corrected chi connectivity index (χ4v) is 1.99. The van der Waals surface area contributed by atoms with Crippen molar-refractivity contribution in [1.29, 1.82) is 0 Å². The normalized spacial score (nSPS) is 12.4. The van der Waals surface area contributed by atoms with Crippen LogP contribution in [-0.2, 0) is 7.05 Å². The van der Waals surface area contributed by atoms with E-state index in [2.05, 4.69) is 32.6 Å². The van der Waals surface area contributed by atoms with Gasteiger partial charge in [-0.15, -0.1) is 0 Å².